The van der Waals surface area contributed by atoms with Gasteiger partial charge in [-0.15, -0.1) is 0 Å². The molecule has 25 heavy (non-hydrogen) atoms. The summed E-state index contributed by atoms with van der Waals surface area (Å²) in [6, 6.07) is 8.09. The normalized spacial score (nSPS) is 30.4. The Morgan fingerprint density at radius 2 is 2.04 bits per heavy atom. The second-order valence-electron chi connectivity index (χ2n) is 7.71. The van der Waals surface area contributed by atoms with E-state index in [1.54, 1.807) is 0 Å². The van der Waals surface area contributed by atoms with Gasteiger partial charge in [-0.1, -0.05) is 36.2 Å². The number of nitrogens with zero attached hydrogens (tertiary/aromatic N) is 1. The molecule has 5 heteroatoms. The van der Waals surface area contributed by atoms with Crippen LogP contribution in [0.4, 0.5) is 0 Å². The predicted octanol–water partition coefficient (Wildman–Crippen LogP) is 3.27. The summed E-state index contributed by atoms with van der Waals surface area (Å²) in [6.45, 7) is 3.85. The van der Waals surface area contributed by atoms with Crippen molar-refractivity contribution in [2.24, 2.45) is 17.8 Å². The third-order valence-corrected chi connectivity index (χ3v) is 6.64. The summed E-state index contributed by atoms with van der Waals surface area (Å²) < 4.78 is 5.49. The number of ether oxygens (including phenoxy) is 1. The molecule has 3 aliphatic rings. The monoisotopic (exact) mass is 362 g/mol. The zero-order valence-corrected chi connectivity index (χ0v) is 15.4. The lowest BCUT2D eigenvalue weighted by atomic mass is 9.88. The second kappa shape index (κ2) is 7.65. The van der Waals surface area contributed by atoms with Gasteiger partial charge in [0, 0.05) is 30.6 Å². The van der Waals surface area contributed by atoms with E-state index in [4.69, 9.17) is 16.3 Å². The number of hydrogen-bond acceptors (Lipinski definition) is 3. The number of carbonyl (C=O) groups is 1. The van der Waals surface area contributed by atoms with Crippen LogP contribution in [0, 0.1) is 17.8 Å². The molecule has 2 saturated carbocycles. The molecule has 2 bridgehead atoms. The molecule has 1 heterocycles. The SMILES string of the molecule is O=C(NCC(c1ccccc1Cl)N1CCOCC1)C1CC2CCC1C2. The lowest BCUT2D eigenvalue weighted by molar-refractivity contribution is -0.126. The maximum Gasteiger partial charge on any atom is 0.223 e. The highest BCUT2D eigenvalue weighted by molar-refractivity contribution is 6.31. The number of benzene rings is 1. The number of rotatable bonds is 5. The zero-order valence-electron chi connectivity index (χ0n) is 14.6. The standard InChI is InChI=1S/C20H27ClN2O2/c21-18-4-2-1-3-16(18)19(23-7-9-25-10-8-23)13-22-20(24)17-12-14-5-6-15(17)11-14/h1-4,14-15,17,19H,5-13H2,(H,22,24). The van der Waals surface area contributed by atoms with Gasteiger partial charge in [0.1, 0.15) is 0 Å². The van der Waals surface area contributed by atoms with Crippen LogP contribution in [0.2, 0.25) is 5.02 Å². The number of halogens is 1. The molecule has 4 atom stereocenters. The van der Waals surface area contributed by atoms with Crippen LogP contribution < -0.4 is 5.32 Å². The number of nitrogens with one attached hydrogen (secondary N) is 1. The summed E-state index contributed by atoms with van der Waals surface area (Å²) in [6.07, 6.45) is 4.91. The van der Waals surface area contributed by atoms with Gasteiger partial charge in [0.05, 0.1) is 19.3 Å². The van der Waals surface area contributed by atoms with Gasteiger partial charge in [-0.25, -0.2) is 0 Å². The first-order valence-corrected chi connectivity index (χ1v) is 9.94. The summed E-state index contributed by atoms with van der Waals surface area (Å²) in [5.74, 6) is 1.89. The summed E-state index contributed by atoms with van der Waals surface area (Å²) in [5.41, 5.74) is 1.10. The number of morpholine rings is 1. The van der Waals surface area contributed by atoms with E-state index in [1.165, 1.54) is 19.3 Å². The summed E-state index contributed by atoms with van der Waals surface area (Å²) >= 11 is 6.46. The minimum absolute atomic E-state index is 0.111. The molecule has 1 aromatic rings. The van der Waals surface area contributed by atoms with Crippen LogP contribution in [0.25, 0.3) is 0 Å². The minimum Gasteiger partial charge on any atom is -0.379 e. The fourth-order valence-electron chi connectivity index (χ4n) is 4.96. The number of carbonyl (C=O) groups excluding carboxylic acids is 1. The van der Waals surface area contributed by atoms with E-state index in [2.05, 4.69) is 16.3 Å². The van der Waals surface area contributed by atoms with E-state index in [-0.39, 0.29) is 17.9 Å². The molecule has 2 aliphatic carbocycles. The van der Waals surface area contributed by atoms with E-state index >= 15 is 0 Å². The van der Waals surface area contributed by atoms with Crippen LogP contribution in [-0.4, -0.2) is 43.7 Å². The Balaban J connectivity index is 1.44. The van der Waals surface area contributed by atoms with Gasteiger partial charge in [-0.2, -0.15) is 0 Å². The molecular formula is C20H27ClN2O2. The highest BCUT2D eigenvalue weighted by Crippen LogP contribution is 2.48. The maximum atomic E-state index is 12.8. The molecule has 0 spiro atoms. The average Bonchev–Trinajstić information content (AvgIpc) is 3.27. The Morgan fingerprint density at radius 3 is 2.72 bits per heavy atom. The largest absolute Gasteiger partial charge is 0.379 e. The van der Waals surface area contributed by atoms with Crippen molar-refractivity contribution in [1.29, 1.82) is 0 Å². The molecule has 136 valence electrons. The smallest absolute Gasteiger partial charge is 0.223 e. The lowest BCUT2D eigenvalue weighted by Gasteiger charge is -2.35. The first-order chi connectivity index (χ1) is 12.2. The van der Waals surface area contributed by atoms with Crippen LogP contribution in [0.3, 0.4) is 0 Å². The van der Waals surface area contributed by atoms with Crippen molar-refractivity contribution in [3.05, 3.63) is 34.9 Å². The molecule has 1 amide bonds. The van der Waals surface area contributed by atoms with Crippen LogP contribution in [0.5, 0.6) is 0 Å². The fraction of sp³-hybridized carbons (Fsp3) is 0.650. The number of hydrogen-bond donors (Lipinski definition) is 1. The molecule has 0 radical (unpaired) electrons. The molecular weight excluding hydrogens is 336 g/mol. The van der Waals surface area contributed by atoms with Crippen molar-refractivity contribution in [1.82, 2.24) is 10.2 Å². The predicted molar refractivity (Wildman–Crippen MR) is 98.5 cm³/mol. The summed E-state index contributed by atoms with van der Waals surface area (Å²) in [4.78, 5) is 15.1. The molecule has 4 nitrogen and oxygen atoms in total. The molecule has 0 aromatic heterocycles. The molecule has 1 saturated heterocycles. The van der Waals surface area contributed by atoms with Gasteiger partial charge < -0.3 is 10.1 Å². The van der Waals surface area contributed by atoms with Crippen molar-refractivity contribution < 1.29 is 9.53 Å². The van der Waals surface area contributed by atoms with Crippen molar-refractivity contribution in [3.63, 3.8) is 0 Å². The van der Waals surface area contributed by atoms with Gasteiger partial charge in [0.2, 0.25) is 5.91 Å². The third kappa shape index (κ3) is 3.71. The van der Waals surface area contributed by atoms with Gasteiger partial charge in [0.15, 0.2) is 0 Å². The number of amides is 1. The Kier molecular flexibility index (Phi) is 5.30. The molecule has 3 fully saturated rings. The van der Waals surface area contributed by atoms with E-state index in [0.717, 1.165) is 49.2 Å². The topological polar surface area (TPSA) is 41.6 Å². The first kappa shape index (κ1) is 17.3. The Bertz CT molecular complexity index is 617. The quantitative estimate of drug-likeness (QED) is 0.874. The van der Waals surface area contributed by atoms with Crippen molar-refractivity contribution in [3.8, 4) is 0 Å². The molecule has 1 aromatic carbocycles. The Labute approximate surface area is 154 Å². The molecule has 4 unspecified atom stereocenters. The van der Waals surface area contributed by atoms with Crippen LogP contribution in [0.15, 0.2) is 24.3 Å². The minimum atomic E-state index is 0.111. The van der Waals surface area contributed by atoms with E-state index in [9.17, 15) is 4.79 Å². The maximum absolute atomic E-state index is 12.8. The summed E-state index contributed by atoms with van der Waals surface area (Å²) in [5, 5.41) is 4.02. The Hall–Kier alpha value is -1.10. The zero-order chi connectivity index (χ0) is 17.2. The van der Waals surface area contributed by atoms with E-state index in [1.807, 2.05) is 18.2 Å². The van der Waals surface area contributed by atoms with Gasteiger partial charge in [-0.3, -0.25) is 9.69 Å². The highest BCUT2D eigenvalue weighted by Gasteiger charge is 2.43. The summed E-state index contributed by atoms with van der Waals surface area (Å²) in [7, 11) is 0. The van der Waals surface area contributed by atoms with Gasteiger partial charge in [-0.05, 0) is 42.7 Å². The molecule has 4 rings (SSSR count). The third-order valence-electron chi connectivity index (χ3n) is 6.30. The van der Waals surface area contributed by atoms with Gasteiger partial charge in [0.25, 0.3) is 0 Å². The van der Waals surface area contributed by atoms with Crippen LogP contribution in [0.1, 0.15) is 37.3 Å². The molecule has 1 aliphatic heterocycles. The van der Waals surface area contributed by atoms with Crippen LogP contribution in [-0.2, 0) is 9.53 Å². The molecule has 1 N–H and O–H groups in total. The van der Waals surface area contributed by atoms with Crippen LogP contribution >= 0.6 is 11.6 Å². The van der Waals surface area contributed by atoms with Crippen molar-refractivity contribution in [2.45, 2.75) is 31.7 Å². The second-order valence-corrected chi connectivity index (χ2v) is 8.12. The van der Waals surface area contributed by atoms with E-state index in [0.29, 0.717) is 12.5 Å². The Morgan fingerprint density at radius 1 is 1.24 bits per heavy atom. The first-order valence-electron chi connectivity index (χ1n) is 9.56. The average molecular weight is 363 g/mol. The van der Waals surface area contributed by atoms with Crippen molar-refractivity contribution in [2.75, 3.05) is 32.8 Å². The fourth-order valence-corrected chi connectivity index (χ4v) is 5.23. The van der Waals surface area contributed by atoms with E-state index < -0.39 is 0 Å². The number of fused-ring (bicyclic) bond motifs is 2. The van der Waals surface area contributed by atoms with Crippen molar-refractivity contribution >= 4 is 17.5 Å². The lowest BCUT2D eigenvalue weighted by Crippen LogP contribution is -2.45. The van der Waals surface area contributed by atoms with Gasteiger partial charge >= 0.3 is 0 Å². The highest BCUT2D eigenvalue weighted by atomic mass is 35.5.